The van der Waals surface area contributed by atoms with E-state index in [0.717, 1.165) is 17.3 Å². The molecule has 1 amide bonds. The molecular formula is C17H16N4O2. The Morgan fingerprint density at radius 3 is 3.00 bits per heavy atom. The zero-order chi connectivity index (χ0) is 15.6. The first-order valence-electron chi connectivity index (χ1n) is 7.61. The van der Waals surface area contributed by atoms with Crippen molar-refractivity contribution in [3.63, 3.8) is 0 Å². The van der Waals surface area contributed by atoms with Crippen LogP contribution in [0.25, 0.3) is 10.9 Å². The van der Waals surface area contributed by atoms with E-state index >= 15 is 0 Å². The second kappa shape index (κ2) is 5.72. The average molecular weight is 308 g/mol. The summed E-state index contributed by atoms with van der Waals surface area (Å²) in [7, 11) is 0. The van der Waals surface area contributed by atoms with Crippen molar-refractivity contribution in [3.8, 4) is 5.88 Å². The molecular weight excluding hydrogens is 292 g/mol. The molecule has 1 saturated heterocycles. The number of ether oxygens (including phenoxy) is 1. The molecule has 0 unspecified atom stereocenters. The van der Waals surface area contributed by atoms with E-state index in [2.05, 4.69) is 15.2 Å². The van der Waals surface area contributed by atoms with Crippen LogP contribution in [0.3, 0.4) is 0 Å². The molecule has 1 fully saturated rings. The normalized spacial score (nSPS) is 17.6. The lowest BCUT2D eigenvalue weighted by Crippen LogP contribution is -2.31. The van der Waals surface area contributed by atoms with Gasteiger partial charge in [-0.2, -0.15) is 5.10 Å². The highest BCUT2D eigenvalue weighted by molar-refractivity contribution is 5.98. The molecule has 0 spiro atoms. The highest BCUT2D eigenvalue weighted by Gasteiger charge is 2.29. The number of carbonyl (C=O) groups excluding carboxylic acids is 1. The molecule has 2 aromatic heterocycles. The maximum Gasteiger partial charge on any atom is 0.270 e. The molecule has 3 aromatic rings. The number of H-pyrrole nitrogens is 1. The Morgan fingerprint density at radius 2 is 2.17 bits per heavy atom. The van der Waals surface area contributed by atoms with Crippen molar-refractivity contribution in [1.82, 2.24) is 20.1 Å². The number of nitrogens with zero attached hydrogens (tertiary/aromatic N) is 3. The lowest BCUT2D eigenvalue weighted by molar-refractivity contribution is 0.0766. The Balaban J connectivity index is 1.45. The van der Waals surface area contributed by atoms with E-state index in [1.807, 2.05) is 35.2 Å². The molecule has 6 nitrogen and oxygen atoms in total. The summed E-state index contributed by atoms with van der Waals surface area (Å²) in [6.45, 7) is 1.24. The predicted molar refractivity (Wildman–Crippen MR) is 85.3 cm³/mol. The van der Waals surface area contributed by atoms with Gasteiger partial charge in [0.1, 0.15) is 11.8 Å². The standard InChI is InChI=1S/C17H16N4O2/c22-17(15-10-12-4-1-2-5-14(12)19-15)21-9-7-13(11-21)23-16-6-3-8-18-20-16/h1-6,8,10,13,19H,7,9,11H2/t13-/m0/s1. The first-order chi connectivity index (χ1) is 11.3. The molecule has 1 aliphatic heterocycles. The van der Waals surface area contributed by atoms with Crippen molar-refractivity contribution in [2.24, 2.45) is 0 Å². The van der Waals surface area contributed by atoms with E-state index in [0.29, 0.717) is 24.7 Å². The van der Waals surface area contributed by atoms with E-state index in [1.54, 1.807) is 18.3 Å². The quantitative estimate of drug-likeness (QED) is 0.805. The minimum absolute atomic E-state index is 0.00597. The number of amides is 1. The van der Waals surface area contributed by atoms with Gasteiger partial charge >= 0.3 is 0 Å². The van der Waals surface area contributed by atoms with Crippen molar-refractivity contribution in [1.29, 1.82) is 0 Å². The SMILES string of the molecule is O=C(c1cc2ccccc2[nH]1)N1CC[C@H](Oc2cccnn2)C1. The van der Waals surface area contributed by atoms with Gasteiger partial charge in [0.2, 0.25) is 5.88 Å². The minimum Gasteiger partial charge on any atom is -0.471 e. The van der Waals surface area contributed by atoms with Crippen LogP contribution >= 0.6 is 0 Å². The van der Waals surface area contributed by atoms with E-state index in [9.17, 15) is 4.79 Å². The van der Waals surface area contributed by atoms with Crippen molar-refractivity contribution in [2.75, 3.05) is 13.1 Å². The maximum absolute atomic E-state index is 12.6. The third kappa shape index (κ3) is 2.75. The zero-order valence-electron chi connectivity index (χ0n) is 12.5. The van der Waals surface area contributed by atoms with Gasteiger partial charge in [-0.05, 0) is 18.2 Å². The fourth-order valence-corrected chi connectivity index (χ4v) is 2.89. The number of fused-ring (bicyclic) bond motifs is 1. The number of carbonyl (C=O) groups is 1. The van der Waals surface area contributed by atoms with Gasteiger partial charge in [0.25, 0.3) is 5.91 Å². The van der Waals surface area contributed by atoms with Crippen LogP contribution in [-0.4, -0.2) is 45.2 Å². The van der Waals surface area contributed by atoms with Crippen molar-refractivity contribution in [2.45, 2.75) is 12.5 Å². The Kier molecular flexibility index (Phi) is 3.42. The highest BCUT2D eigenvalue weighted by atomic mass is 16.5. The van der Waals surface area contributed by atoms with Crippen LogP contribution in [0.1, 0.15) is 16.9 Å². The first-order valence-corrected chi connectivity index (χ1v) is 7.61. The molecule has 0 aliphatic carbocycles. The summed E-state index contributed by atoms with van der Waals surface area (Å²) in [6, 6.07) is 13.3. The summed E-state index contributed by atoms with van der Waals surface area (Å²) < 4.78 is 5.77. The molecule has 116 valence electrons. The molecule has 1 atom stereocenters. The van der Waals surface area contributed by atoms with Gasteiger partial charge in [-0.1, -0.05) is 18.2 Å². The van der Waals surface area contributed by atoms with Gasteiger partial charge < -0.3 is 14.6 Å². The van der Waals surface area contributed by atoms with Crippen LogP contribution in [0.4, 0.5) is 0 Å². The topological polar surface area (TPSA) is 71.1 Å². The van der Waals surface area contributed by atoms with Crippen LogP contribution in [0.15, 0.2) is 48.7 Å². The van der Waals surface area contributed by atoms with Crippen molar-refractivity contribution in [3.05, 3.63) is 54.4 Å². The lowest BCUT2D eigenvalue weighted by atomic mass is 10.2. The third-order valence-corrected chi connectivity index (χ3v) is 4.03. The zero-order valence-corrected chi connectivity index (χ0v) is 12.5. The molecule has 4 rings (SSSR count). The Morgan fingerprint density at radius 1 is 1.26 bits per heavy atom. The molecule has 1 N–H and O–H groups in total. The van der Waals surface area contributed by atoms with Gasteiger partial charge in [-0.3, -0.25) is 4.79 Å². The molecule has 0 saturated carbocycles. The largest absolute Gasteiger partial charge is 0.471 e. The Hall–Kier alpha value is -2.89. The number of likely N-dealkylation sites (tertiary alicyclic amines) is 1. The highest BCUT2D eigenvalue weighted by Crippen LogP contribution is 2.20. The lowest BCUT2D eigenvalue weighted by Gasteiger charge is -2.16. The number of nitrogens with one attached hydrogen (secondary N) is 1. The number of aromatic nitrogens is 3. The number of hydrogen-bond acceptors (Lipinski definition) is 4. The average Bonchev–Trinajstić information content (AvgIpc) is 3.21. The molecule has 0 radical (unpaired) electrons. The van der Waals surface area contributed by atoms with Crippen LogP contribution in [-0.2, 0) is 0 Å². The molecule has 23 heavy (non-hydrogen) atoms. The second-order valence-corrected chi connectivity index (χ2v) is 5.61. The minimum atomic E-state index is -0.0416. The van der Waals surface area contributed by atoms with Crippen LogP contribution in [0.5, 0.6) is 5.88 Å². The van der Waals surface area contributed by atoms with Gasteiger partial charge in [0.15, 0.2) is 0 Å². The van der Waals surface area contributed by atoms with Gasteiger partial charge in [0.05, 0.1) is 6.54 Å². The predicted octanol–water partition coefficient (Wildman–Crippen LogP) is 2.25. The second-order valence-electron chi connectivity index (χ2n) is 5.61. The third-order valence-electron chi connectivity index (χ3n) is 4.03. The van der Waals surface area contributed by atoms with E-state index in [1.165, 1.54) is 0 Å². The molecule has 0 bridgehead atoms. The molecule has 6 heteroatoms. The summed E-state index contributed by atoms with van der Waals surface area (Å²) in [5, 5.41) is 8.75. The van der Waals surface area contributed by atoms with Crippen LogP contribution in [0.2, 0.25) is 0 Å². The van der Waals surface area contributed by atoms with Gasteiger partial charge in [-0.15, -0.1) is 5.10 Å². The summed E-state index contributed by atoms with van der Waals surface area (Å²) in [4.78, 5) is 17.6. The Bertz CT molecular complexity index is 798. The fourth-order valence-electron chi connectivity index (χ4n) is 2.89. The van der Waals surface area contributed by atoms with E-state index < -0.39 is 0 Å². The van der Waals surface area contributed by atoms with E-state index in [4.69, 9.17) is 4.74 Å². The number of benzene rings is 1. The van der Waals surface area contributed by atoms with Gasteiger partial charge in [-0.25, -0.2) is 0 Å². The summed E-state index contributed by atoms with van der Waals surface area (Å²) in [6.07, 6.45) is 2.36. The number of para-hydroxylation sites is 1. The first kappa shape index (κ1) is 13.8. The molecule has 1 aliphatic rings. The maximum atomic E-state index is 12.6. The van der Waals surface area contributed by atoms with Crippen molar-refractivity contribution >= 4 is 16.8 Å². The van der Waals surface area contributed by atoms with Crippen molar-refractivity contribution < 1.29 is 9.53 Å². The van der Waals surface area contributed by atoms with Crippen LogP contribution < -0.4 is 4.74 Å². The number of rotatable bonds is 3. The van der Waals surface area contributed by atoms with E-state index in [-0.39, 0.29) is 12.0 Å². The van der Waals surface area contributed by atoms with Crippen LogP contribution in [0, 0.1) is 0 Å². The molecule has 1 aromatic carbocycles. The summed E-state index contributed by atoms with van der Waals surface area (Å²) in [5.74, 6) is 0.504. The molecule has 3 heterocycles. The summed E-state index contributed by atoms with van der Waals surface area (Å²) >= 11 is 0. The summed E-state index contributed by atoms with van der Waals surface area (Å²) in [5.41, 5.74) is 1.59. The number of hydrogen-bond donors (Lipinski definition) is 1. The monoisotopic (exact) mass is 308 g/mol. The number of aromatic amines is 1. The fraction of sp³-hybridized carbons (Fsp3) is 0.235. The smallest absolute Gasteiger partial charge is 0.270 e. The van der Waals surface area contributed by atoms with Gasteiger partial charge in [0, 0.05) is 36.1 Å². The Labute approximate surface area is 133 Å².